The molecule has 1 N–H and O–H groups in total. The maximum atomic E-state index is 4.67. The molecular formula is C17H21N5. The van der Waals surface area contributed by atoms with Crippen LogP contribution in [0.15, 0.2) is 18.3 Å². The van der Waals surface area contributed by atoms with E-state index in [1.165, 1.54) is 0 Å². The van der Waals surface area contributed by atoms with Crippen LogP contribution in [0, 0.1) is 0 Å². The molecule has 0 aromatic carbocycles. The van der Waals surface area contributed by atoms with Gasteiger partial charge in [-0.05, 0) is 32.0 Å². The molecule has 114 valence electrons. The minimum Gasteiger partial charge on any atom is -0.354 e. The highest BCUT2D eigenvalue weighted by atomic mass is 15.3. The van der Waals surface area contributed by atoms with Crippen molar-refractivity contribution >= 4 is 18.0 Å². The van der Waals surface area contributed by atoms with Crippen molar-refractivity contribution in [3.05, 3.63) is 29.0 Å². The Balaban J connectivity index is 1.58. The van der Waals surface area contributed by atoms with Crippen molar-refractivity contribution in [2.45, 2.75) is 12.8 Å². The van der Waals surface area contributed by atoms with Gasteiger partial charge in [0.1, 0.15) is 11.6 Å². The van der Waals surface area contributed by atoms with Crippen LogP contribution >= 0.6 is 0 Å². The lowest BCUT2D eigenvalue weighted by molar-refractivity contribution is 0.312. The van der Waals surface area contributed by atoms with Gasteiger partial charge in [-0.1, -0.05) is 12.2 Å². The molecule has 0 bridgehead atoms. The molecule has 22 heavy (non-hydrogen) atoms. The van der Waals surface area contributed by atoms with E-state index in [4.69, 9.17) is 0 Å². The molecule has 2 aromatic heterocycles. The SMILES string of the molecule is CN1CCN(c2ccc(-c3nc4c([nH]3)=CCCC=4)cn2)CC1. The summed E-state index contributed by atoms with van der Waals surface area (Å²) in [5.74, 6) is 1.98. The van der Waals surface area contributed by atoms with E-state index >= 15 is 0 Å². The summed E-state index contributed by atoms with van der Waals surface area (Å²) in [6.45, 7) is 4.28. The highest BCUT2D eigenvalue weighted by molar-refractivity contribution is 5.57. The van der Waals surface area contributed by atoms with Gasteiger partial charge >= 0.3 is 0 Å². The van der Waals surface area contributed by atoms with Gasteiger partial charge in [-0.2, -0.15) is 0 Å². The number of pyridine rings is 1. The quantitative estimate of drug-likeness (QED) is 0.880. The maximum absolute atomic E-state index is 4.67. The topological polar surface area (TPSA) is 48.0 Å². The standard InChI is InChI=1S/C17H21N5/c1-21-8-10-22(11-9-21)16-7-6-13(12-18-16)17-19-14-4-2-3-5-15(14)20-17/h4-7,12H,2-3,8-11H2,1H3,(H,19,20). The zero-order chi connectivity index (χ0) is 14.9. The second-order valence-corrected chi connectivity index (χ2v) is 6.07. The summed E-state index contributed by atoms with van der Waals surface area (Å²) in [4.78, 5) is 17.4. The molecule has 0 saturated carbocycles. The first-order valence-corrected chi connectivity index (χ1v) is 7.96. The van der Waals surface area contributed by atoms with Crippen LogP contribution in [0.4, 0.5) is 5.82 Å². The summed E-state index contributed by atoms with van der Waals surface area (Å²) in [5.41, 5.74) is 1.05. The fourth-order valence-corrected chi connectivity index (χ4v) is 3.04. The normalized spacial score (nSPS) is 18.5. The maximum Gasteiger partial charge on any atom is 0.140 e. The first-order chi connectivity index (χ1) is 10.8. The molecule has 0 amide bonds. The summed E-state index contributed by atoms with van der Waals surface area (Å²) < 4.78 is 0. The zero-order valence-electron chi connectivity index (χ0n) is 12.9. The summed E-state index contributed by atoms with van der Waals surface area (Å²) >= 11 is 0. The number of hydrogen-bond donors (Lipinski definition) is 1. The molecular weight excluding hydrogens is 274 g/mol. The van der Waals surface area contributed by atoms with Gasteiger partial charge in [0.15, 0.2) is 0 Å². The number of anilines is 1. The predicted octanol–water partition coefficient (Wildman–Crippen LogP) is 0.578. The minimum atomic E-state index is 0.914. The number of rotatable bonds is 2. The Labute approximate surface area is 130 Å². The molecule has 0 atom stereocenters. The number of fused-ring (bicyclic) bond motifs is 1. The summed E-state index contributed by atoms with van der Waals surface area (Å²) in [7, 11) is 2.17. The van der Waals surface area contributed by atoms with Crippen molar-refractivity contribution in [1.29, 1.82) is 0 Å². The van der Waals surface area contributed by atoms with E-state index in [1.807, 2.05) is 6.20 Å². The Morgan fingerprint density at radius 1 is 1.05 bits per heavy atom. The molecule has 1 aliphatic carbocycles. The van der Waals surface area contributed by atoms with Crippen molar-refractivity contribution in [3.63, 3.8) is 0 Å². The molecule has 1 aliphatic heterocycles. The molecule has 5 heteroatoms. The number of H-pyrrole nitrogens is 1. The minimum absolute atomic E-state index is 0.914. The number of piperazine rings is 1. The molecule has 2 aliphatic rings. The molecule has 5 nitrogen and oxygen atoms in total. The van der Waals surface area contributed by atoms with E-state index in [0.29, 0.717) is 0 Å². The highest BCUT2D eigenvalue weighted by Crippen LogP contribution is 2.17. The zero-order valence-corrected chi connectivity index (χ0v) is 12.9. The van der Waals surface area contributed by atoms with E-state index in [0.717, 1.165) is 66.9 Å². The molecule has 2 aromatic rings. The summed E-state index contributed by atoms with van der Waals surface area (Å²) in [6, 6.07) is 4.22. The van der Waals surface area contributed by atoms with Crippen LogP contribution in [0.1, 0.15) is 12.8 Å². The van der Waals surface area contributed by atoms with Gasteiger partial charge in [0.05, 0.1) is 10.7 Å². The number of hydrogen-bond acceptors (Lipinski definition) is 4. The van der Waals surface area contributed by atoms with Crippen LogP contribution in [0.2, 0.25) is 0 Å². The second-order valence-electron chi connectivity index (χ2n) is 6.07. The van der Waals surface area contributed by atoms with E-state index < -0.39 is 0 Å². The van der Waals surface area contributed by atoms with Gasteiger partial charge in [0.25, 0.3) is 0 Å². The van der Waals surface area contributed by atoms with Gasteiger partial charge in [-0.3, -0.25) is 0 Å². The van der Waals surface area contributed by atoms with Gasteiger partial charge in [0.2, 0.25) is 0 Å². The molecule has 0 spiro atoms. The first kappa shape index (κ1) is 13.5. The Hall–Kier alpha value is -2.14. The number of aromatic amines is 1. The van der Waals surface area contributed by atoms with E-state index in [9.17, 15) is 0 Å². The molecule has 1 fully saturated rings. The Kier molecular flexibility index (Phi) is 3.42. The van der Waals surface area contributed by atoms with Crippen molar-refractivity contribution < 1.29 is 0 Å². The van der Waals surface area contributed by atoms with E-state index in [2.05, 4.69) is 56.1 Å². The van der Waals surface area contributed by atoms with Crippen LogP contribution in [-0.4, -0.2) is 53.1 Å². The molecule has 4 rings (SSSR count). The Bertz CT molecular complexity index is 733. The smallest absolute Gasteiger partial charge is 0.140 e. The van der Waals surface area contributed by atoms with Crippen LogP contribution in [0.5, 0.6) is 0 Å². The van der Waals surface area contributed by atoms with Crippen molar-refractivity contribution in [2.24, 2.45) is 0 Å². The molecule has 0 unspecified atom stereocenters. The monoisotopic (exact) mass is 295 g/mol. The lowest BCUT2D eigenvalue weighted by Gasteiger charge is -2.33. The fourth-order valence-electron chi connectivity index (χ4n) is 3.04. The summed E-state index contributed by atoms with van der Waals surface area (Å²) in [5, 5.41) is 2.22. The van der Waals surface area contributed by atoms with Gasteiger partial charge < -0.3 is 14.8 Å². The molecule has 0 radical (unpaired) electrons. The van der Waals surface area contributed by atoms with Crippen LogP contribution in [-0.2, 0) is 0 Å². The number of nitrogens with one attached hydrogen (secondary N) is 1. The first-order valence-electron chi connectivity index (χ1n) is 7.96. The van der Waals surface area contributed by atoms with Crippen molar-refractivity contribution in [1.82, 2.24) is 19.9 Å². The molecule has 1 saturated heterocycles. The fraction of sp³-hybridized carbons (Fsp3) is 0.412. The van der Waals surface area contributed by atoms with Crippen LogP contribution in [0.25, 0.3) is 23.5 Å². The summed E-state index contributed by atoms with van der Waals surface area (Å²) in [6.07, 6.45) is 8.52. The molecule has 3 heterocycles. The van der Waals surface area contributed by atoms with Gasteiger partial charge in [-0.25, -0.2) is 9.97 Å². The number of aromatic nitrogens is 3. The van der Waals surface area contributed by atoms with Crippen LogP contribution in [0.3, 0.4) is 0 Å². The van der Waals surface area contributed by atoms with Crippen LogP contribution < -0.4 is 15.6 Å². The Morgan fingerprint density at radius 3 is 2.59 bits per heavy atom. The lowest BCUT2D eigenvalue weighted by atomic mass is 10.2. The van der Waals surface area contributed by atoms with Crippen molar-refractivity contribution in [2.75, 3.05) is 38.1 Å². The van der Waals surface area contributed by atoms with E-state index in [1.54, 1.807) is 0 Å². The van der Waals surface area contributed by atoms with E-state index in [-0.39, 0.29) is 0 Å². The number of likely N-dealkylation sites (N-methyl/N-ethyl adjacent to an activating group) is 1. The van der Waals surface area contributed by atoms with Gasteiger partial charge in [0, 0.05) is 37.9 Å². The average molecular weight is 295 g/mol. The number of nitrogens with zero attached hydrogens (tertiary/aromatic N) is 4. The number of imidazole rings is 1. The predicted molar refractivity (Wildman–Crippen MR) is 88.9 cm³/mol. The second kappa shape index (κ2) is 5.57. The average Bonchev–Trinajstić information content (AvgIpc) is 3.00. The third-order valence-electron chi connectivity index (χ3n) is 4.46. The highest BCUT2D eigenvalue weighted by Gasteiger charge is 2.15. The largest absolute Gasteiger partial charge is 0.354 e. The van der Waals surface area contributed by atoms with Gasteiger partial charge in [-0.15, -0.1) is 0 Å². The lowest BCUT2D eigenvalue weighted by Crippen LogP contribution is -2.44. The third kappa shape index (κ3) is 2.52. The third-order valence-corrected chi connectivity index (χ3v) is 4.46. The van der Waals surface area contributed by atoms with Crippen molar-refractivity contribution in [3.8, 4) is 11.4 Å². The Morgan fingerprint density at radius 2 is 1.86 bits per heavy atom.